The molecule has 0 bridgehead atoms. The fourth-order valence-corrected chi connectivity index (χ4v) is 4.99. The normalized spacial score (nSPS) is 25.0. The predicted molar refractivity (Wildman–Crippen MR) is 96.6 cm³/mol. The summed E-state index contributed by atoms with van der Waals surface area (Å²) in [6, 6.07) is 4.55. The zero-order valence-corrected chi connectivity index (χ0v) is 15.7. The standard InChI is InChI=1S/C19H31ClS/c1-5-6-7-14-8-10-15(11-9-14)18(20)16-12-13-17(21-16)19(2,3)4/h12-15,18H,5-11H2,1-4H3. The number of hydrogen-bond donors (Lipinski definition) is 0. The van der Waals surface area contributed by atoms with E-state index >= 15 is 0 Å². The highest BCUT2D eigenvalue weighted by molar-refractivity contribution is 7.12. The molecule has 0 spiro atoms. The van der Waals surface area contributed by atoms with Crippen LogP contribution in [0.4, 0.5) is 0 Å². The molecule has 0 aromatic carbocycles. The summed E-state index contributed by atoms with van der Waals surface area (Å²) < 4.78 is 0. The highest BCUT2D eigenvalue weighted by atomic mass is 35.5. The molecule has 1 aromatic heterocycles. The van der Waals surface area contributed by atoms with Crippen LogP contribution in [0.1, 0.15) is 87.8 Å². The molecule has 1 unspecified atom stereocenters. The Labute approximate surface area is 140 Å². The van der Waals surface area contributed by atoms with Crippen LogP contribution in [0.2, 0.25) is 0 Å². The number of halogens is 1. The largest absolute Gasteiger partial charge is 0.143 e. The van der Waals surface area contributed by atoms with Crippen LogP contribution in [0.15, 0.2) is 12.1 Å². The van der Waals surface area contributed by atoms with Crippen molar-refractivity contribution in [1.29, 1.82) is 0 Å². The molecule has 1 fully saturated rings. The molecule has 2 rings (SSSR count). The van der Waals surface area contributed by atoms with Gasteiger partial charge in [-0.15, -0.1) is 22.9 Å². The van der Waals surface area contributed by atoms with Gasteiger partial charge in [0, 0.05) is 9.75 Å². The molecular formula is C19H31ClS. The summed E-state index contributed by atoms with van der Waals surface area (Å²) in [5.74, 6) is 1.66. The lowest BCUT2D eigenvalue weighted by Gasteiger charge is -2.31. The van der Waals surface area contributed by atoms with E-state index in [4.69, 9.17) is 11.6 Å². The van der Waals surface area contributed by atoms with Crippen LogP contribution >= 0.6 is 22.9 Å². The Kier molecular flexibility index (Phi) is 6.20. The van der Waals surface area contributed by atoms with Crippen LogP contribution in [-0.4, -0.2) is 0 Å². The Morgan fingerprint density at radius 1 is 1.19 bits per heavy atom. The third-order valence-corrected chi connectivity index (χ3v) is 7.22. The van der Waals surface area contributed by atoms with Gasteiger partial charge in [0.25, 0.3) is 0 Å². The molecule has 2 heteroatoms. The van der Waals surface area contributed by atoms with E-state index in [0.29, 0.717) is 5.92 Å². The number of rotatable bonds is 5. The van der Waals surface area contributed by atoms with Gasteiger partial charge in [0.05, 0.1) is 5.38 Å². The van der Waals surface area contributed by atoms with Gasteiger partial charge < -0.3 is 0 Å². The van der Waals surface area contributed by atoms with Crippen molar-refractivity contribution in [2.45, 2.75) is 83.4 Å². The third kappa shape index (κ3) is 4.73. The molecule has 21 heavy (non-hydrogen) atoms. The van der Waals surface area contributed by atoms with Crippen LogP contribution < -0.4 is 0 Å². The Hall–Kier alpha value is -0.0100. The molecule has 0 radical (unpaired) electrons. The maximum atomic E-state index is 6.81. The van der Waals surface area contributed by atoms with E-state index in [1.165, 1.54) is 54.7 Å². The van der Waals surface area contributed by atoms with Crippen molar-refractivity contribution in [3.05, 3.63) is 21.9 Å². The Bertz CT molecular complexity index is 421. The summed E-state index contributed by atoms with van der Waals surface area (Å²) in [7, 11) is 0. The second-order valence-electron chi connectivity index (χ2n) is 7.78. The second kappa shape index (κ2) is 7.51. The van der Waals surface area contributed by atoms with Crippen molar-refractivity contribution in [1.82, 2.24) is 0 Å². The van der Waals surface area contributed by atoms with E-state index in [0.717, 1.165) is 5.92 Å². The molecule has 0 aliphatic heterocycles. The SMILES string of the molecule is CCCCC1CCC(C(Cl)c2ccc(C(C)(C)C)s2)CC1. The molecule has 0 nitrogen and oxygen atoms in total. The van der Waals surface area contributed by atoms with Gasteiger partial charge in [-0.05, 0) is 42.2 Å². The van der Waals surface area contributed by atoms with Gasteiger partial charge in [0.15, 0.2) is 0 Å². The van der Waals surface area contributed by atoms with Gasteiger partial charge in [0.2, 0.25) is 0 Å². The molecule has 1 heterocycles. The topological polar surface area (TPSA) is 0 Å². The highest BCUT2D eigenvalue weighted by Gasteiger charge is 2.28. The van der Waals surface area contributed by atoms with Crippen LogP contribution in [0, 0.1) is 11.8 Å². The maximum absolute atomic E-state index is 6.81. The van der Waals surface area contributed by atoms with Crippen LogP contribution in [-0.2, 0) is 5.41 Å². The summed E-state index contributed by atoms with van der Waals surface area (Å²) in [4.78, 5) is 2.85. The number of unbranched alkanes of at least 4 members (excludes halogenated alkanes) is 1. The first-order chi connectivity index (χ1) is 9.91. The lowest BCUT2D eigenvalue weighted by molar-refractivity contribution is 0.255. The highest BCUT2D eigenvalue weighted by Crippen LogP contribution is 2.44. The minimum atomic E-state index is 0.234. The summed E-state index contributed by atoms with van der Waals surface area (Å²) in [5, 5.41) is 0.234. The quantitative estimate of drug-likeness (QED) is 0.497. The molecule has 1 atom stereocenters. The molecule has 0 amide bonds. The first-order valence-corrected chi connectivity index (χ1v) is 9.91. The first-order valence-electron chi connectivity index (χ1n) is 8.66. The zero-order chi connectivity index (χ0) is 15.5. The van der Waals surface area contributed by atoms with Crippen molar-refractivity contribution in [3.63, 3.8) is 0 Å². The Morgan fingerprint density at radius 3 is 2.38 bits per heavy atom. The van der Waals surface area contributed by atoms with Crippen molar-refractivity contribution in [2.24, 2.45) is 11.8 Å². The fourth-order valence-electron chi connectivity index (χ4n) is 3.40. The van der Waals surface area contributed by atoms with Crippen molar-refractivity contribution in [3.8, 4) is 0 Å². The van der Waals surface area contributed by atoms with E-state index in [9.17, 15) is 0 Å². The minimum absolute atomic E-state index is 0.234. The summed E-state index contributed by atoms with van der Waals surface area (Å²) in [6.07, 6.45) is 9.61. The first kappa shape index (κ1) is 17.3. The molecule has 1 aliphatic carbocycles. The molecular weight excluding hydrogens is 296 g/mol. The second-order valence-corrected chi connectivity index (χ2v) is 9.36. The Balaban J connectivity index is 1.90. The smallest absolute Gasteiger partial charge is 0.0706 e. The van der Waals surface area contributed by atoms with E-state index < -0.39 is 0 Å². The molecule has 1 aliphatic rings. The van der Waals surface area contributed by atoms with Gasteiger partial charge in [-0.2, -0.15) is 0 Å². The maximum Gasteiger partial charge on any atom is 0.0706 e. The fraction of sp³-hybridized carbons (Fsp3) is 0.789. The van der Waals surface area contributed by atoms with Gasteiger partial charge >= 0.3 is 0 Å². The predicted octanol–water partition coefficient (Wildman–Crippen LogP) is 7.32. The molecule has 0 saturated heterocycles. The molecule has 1 aromatic rings. The minimum Gasteiger partial charge on any atom is -0.143 e. The van der Waals surface area contributed by atoms with Gasteiger partial charge in [-0.25, -0.2) is 0 Å². The van der Waals surface area contributed by atoms with Gasteiger partial charge in [0.1, 0.15) is 0 Å². The number of thiophene rings is 1. The molecule has 120 valence electrons. The van der Waals surface area contributed by atoms with Crippen LogP contribution in [0.5, 0.6) is 0 Å². The third-order valence-electron chi connectivity index (χ3n) is 4.91. The molecule has 0 N–H and O–H groups in total. The lowest BCUT2D eigenvalue weighted by atomic mass is 9.78. The molecule has 1 saturated carbocycles. The zero-order valence-electron chi connectivity index (χ0n) is 14.1. The van der Waals surface area contributed by atoms with Crippen LogP contribution in [0.25, 0.3) is 0 Å². The van der Waals surface area contributed by atoms with Crippen molar-refractivity contribution in [2.75, 3.05) is 0 Å². The van der Waals surface area contributed by atoms with E-state index in [-0.39, 0.29) is 10.8 Å². The van der Waals surface area contributed by atoms with Crippen LogP contribution in [0.3, 0.4) is 0 Å². The average molecular weight is 327 g/mol. The monoisotopic (exact) mass is 326 g/mol. The van der Waals surface area contributed by atoms with E-state index in [1.54, 1.807) is 0 Å². The Morgan fingerprint density at radius 2 is 1.86 bits per heavy atom. The summed E-state index contributed by atoms with van der Waals surface area (Å²) in [6.45, 7) is 9.14. The van der Waals surface area contributed by atoms with Gasteiger partial charge in [-0.3, -0.25) is 0 Å². The van der Waals surface area contributed by atoms with Crippen molar-refractivity contribution >= 4 is 22.9 Å². The van der Waals surface area contributed by atoms with Crippen molar-refractivity contribution < 1.29 is 0 Å². The average Bonchev–Trinajstić information content (AvgIpc) is 2.95. The summed E-state index contributed by atoms with van der Waals surface area (Å²) in [5.41, 5.74) is 0.247. The van der Waals surface area contributed by atoms with Gasteiger partial charge in [-0.1, -0.05) is 59.8 Å². The number of alkyl halides is 1. The van der Waals surface area contributed by atoms with E-state index in [2.05, 4.69) is 39.8 Å². The summed E-state index contributed by atoms with van der Waals surface area (Å²) >= 11 is 8.74. The lowest BCUT2D eigenvalue weighted by Crippen LogP contribution is -2.17. The number of hydrogen-bond acceptors (Lipinski definition) is 1. The van der Waals surface area contributed by atoms with E-state index in [1.807, 2.05) is 11.3 Å².